The molecule has 5 heteroatoms. The molecule has 0 unspecified atom stereocenters. The molecular weight excluding hydrogens is 377 g/mol. The van der Waals surface area contributed by atoms with Crippen LogP contribution < -0.4 is 10.6 Å². The summed E-state index contributed by atoms with van der Waals surface area (Å²) in [5.41, 5.74) is 2.09. The molecule has 2 amide bonds. The second-order valence-corrected chi connectivity index (χ2v) is 7.27. The Kier molecular flexibility index (Phi) is 4.69. The highest BCUT2D eigenvalue weighted by Gasteiger charge is 2.32. The van der Waals surface area contributed by atoms with Crippen LogP contribution in [0.15, 0.2) is 18.2 Å². The van der Waals surface area contributed by atoms with E-state index in [-0.39, 0.29) is 6.03 Å². The summed E-state index contributed by atoms with van der Waals surface area (Å²) in [6, 6.07) is 7.06. The minimum absolute atomic E-state index is 0.0838. The van der Waals surface area contributed by atoms with Crippen molar-refractivity contribution in [1.82, 2.24) is 10.2 Å². The van der Waals surface area contributed by atoms with Crippen molar-refractivity contribution in [3.8, 4) is 0 Å². The number of nitrogens with zero attached hydrogens (tertiary/aromatic N) is 1. The largest absolute Gasteiger partial charge is 0.335 e. The molecule has 1 saturated carbocycles. The van der Waals surface area contributed by atoms with E-state index in [2.05, 4.69) is 45.0 Å². The second-order valence-electron chi connectivity index (χ2n) is 6.10. The predicted molar refractivity (Wildman–Crippen MR) is 93.7 cm³/mol. The lowest BCUT2D eigenvalue weighted by Gasteiger charge is -2.32. The molecule has 0 radical (unpaired) electrons. The molecule has 1 aliphatic heterocycles. The van der Waals surface area contributed by atoms with Crippen LogP contribution in [0.3, 0.4) is 0 Å². The molecular formula is C16H22IN3O. The Hall–Kier alpha value is -0.820. The van der Waals surface area contributed by atoms with Gasteiger partial charge in [0.2, 0.25) is 0 Å². The summed E-state index contributed by atoms with van der Waals surface area (Å²) in [7, 11) is 0. The number of nitrogens with one attached hydrogen (secondary N) is 2. The summed E-state index contributed by atoms with van der Waals surface area (Å²) < 4.78 is 1.17. The topological polar surface area (TPSA) is 44.4 Å². The number of likely N-dealkylation sites (tertiary alicyclic amines) is 1. The van der Waals surface area contributed by atoms with Crippen molar-refractivity contribution in [1.29, 1.82) is 0 Å². The monoisotopic (exact) mass is 399 g/mol. The second kappa shape index (κ2) is 6.52. The van der Waals surface area contributed by atoms with E-state index < -0.39 is 0 Å². The molecule has 2 aliphatic rings. The third-order valence-corrected chi connectivity index (χ3v) is 5.52. The van der Waals surface area contributed by atoms with Gasteiger partial charge in [-0.1, -0.05) is 6.07 Å². The zero-order valence-corrected chi connectivity index (χ0v) is 14.5. The Bertz CT molecular complexity index is 522. The molecule has 0 bridgehead atoms. The van der Waals surface area contributed by atoms with Crippen LogP contribution in [0.5, 0.6) is 0 Å². The zero-order valence-electron chi connectivity index (χ0n) is 12.4. The molecule has 1 aliphatic carbocycles. The van der Waals surface area contributed by atoms with Crippen LogP contribution in [-0.2, 0) is 0 Å². The molecule has 0 spiro atoms. The molecule has 114 valence electrons. The molecule has 4 nitrogen and oxygen atoms in total. The Morgan fingerprint density at radius 1 is 1.24 bits per heavy atom. The van der Waals surface area contributed by atoms with Crippen molar-refractivity contribution in [3.05, 3.63) is 27.3 Å². The van der Waals surface area contributed by atoms with Crippen LogP contribution in [0, 0.1) is 10.5 Å². The molecule has 0 atom stereocenters. The van der Waals surface area contributed by atoms with Gasteiger partial charge in [0.05, 0.1) is 0 Å². The van der Waals surface area contributed by atoms with E-state index in [0.717, 1.165) is 37.7 Å². The van der Waals surface area contributed by atoms with Gasteiger partial charge in [-0.25, -0.2) is 4.79 Å². The van der Waals surface area contributed by atoms with Gasteiger partial charge in [-0.3, -0.25) is 0 Å². The standard InChI is InChI=1S/C16H22IN3O/c1-11-2-3-13(10-15(11)17)19-16(21)18-12-6-8-20(9-7-12)14-4-5-14/h2-3,10,12,14H,4-9H2,1H3,(H2,18,19,21). The number of amides is 2. The molecule has 0 aromatic heterocycles. The number of urea groups is 1. The van der Waals surface area contributed by atoms with E-state index >= 15 is 0 Å². The number of benzene rings is 1. The first kappa shape index (κ1) is 15.1. The summed E-state index contributed by atoms with van der Waals surface area (Å²) in [4.78, 5) is 14.6. The first-order valence-electron chi connectivity index (χ1n) is 7.69. The predicted octanol–water partition coefficient (Wildman–Crippen LogP) is 3.35. The van der Waals surface area contributed by atoms with Gasteiger partial charge in [-0.15, -0.1) is 0 Å². The van der Waals surface area contributed by atoms with E-state index in [1.54, 1.807) is 0 Å². The molecule has 2 fully saturated rings. The highest BCUT2D eigenvalue weighted by Crippen LogP contribution is 2.29. The van der Waals surface area contributed by atoms with Crippen LogP contribution in [0.25, 0.3) is 0 Å². The molecule has 1 aromatic carbocycles. The van der Waals surface area contributed by atoms with Gasteiger partial charge in [0.15, 0.2) is 0 Å². The number of halogens is 1. The van der Waals surface area contributed by atoms with E-state index in [4.69, 9.17) is 0 Å². The minimum Gasteiger partial charge on any atom is -0.335 e. The first-order chi connectivity index (χ1) is 10.1. The Balaban J connectivity index is 1.46. The number of anilines is 1. The van der Waals surface area contributed by atoms with Crippen LogP contribution in [0.1, 0.15) is 31.2 Å². The maximum Gasteiger partial charge on any atom is 0.319 e. The highest BCUT2D eigenvalue weighted by molar-refractivity contribution is 14.1. The Morgan fingerprint density at radius 3 is 2.57 bits per heavy atom. The molecule has 1 aromatic rings. The van der Waals surface area contributed by atoms with Crippen molar-refractivity contribution in [2.75, 3.05) is 18.4 Å². The van der Waals surface area contributed by atoms with Crippen LogP contribution >= 0.6 is 22.6 Å². The SMILES string of the molecule is Cc1ccc(NC(=O)NC2CCN(C3CC3)CC2)cc1I. The maximum absolute atomic E-state index is 12.1. The van der Waals surface area contributed by atoms with Crippen molar-refractivity contribution >= 4 is 34.3 Å². The van der Waals surface area contributed by atoms with Gasteiger partial charge in [-0.2, -0.15) is 0 Å². The van der Waals surface area contributed by atoms with Crippen molar-refractivity contribution in [2.24, 2.45) is 0 Å². The Labute approximate surface area is 139 Å². The van der Waals surface area contributed by atoms with Crippen molar-refractivity contribution in [2.45, 2.75) is 44.7 Å². The number of aryl methyl sites for hydroxylation is 1. The summed E-state index contributed by atoms with van der Waals surface area (Å²) in [5.74, 6) is 0. The van der Waals surface area contributed by atoms with Crippen LogP contribution in [0.2, 0.25) is 0 Å². The van der Waals surface area contributed by atoms with Crippen molar-refractivity contribution < 1.29 is 4.79 Å². The lowest BCUT2D eigenvalue weighted by molar-refractivity contribution is 0.189. The van der Waals surface area contributed by atoms with Gasteiger partial charge in [0.25, 0.3) is 0 Å². The maximum atomic E-state index is 12.1. The summed E-state index contributed by atoms with van der Waals surface area (Å²) in [5, 5.41) is 6.04. The third-order valence-electron chi connectivity index (χ3n) is 4.36. The fraction of sp³-hybridized carbons (Fsp3) is 0.562. The summed E-state index contributed by atoms with van der Waals surface area (Å²) >= 11 is 2.29. The average molecular weight is 399 g/mol. The minimum atomic E-state index is -0.0838. The number of hydrogen-bond donors (Lipinski definition) is 2. The zero-order chi connectivity index (χ0) is 14.8. The number of hydrogen-bond acceptors (Lipinski definition) is 2. The van der Waals surface area contributed by atoms with E-state index in [9.17, 15) is 4.79 Å². The average Bonchev–Trinajstić information content (AvgIpc) is 3.28. The van der Waals surface area contributed by atoms with Gasteiger partial charge in [-0.05, 0) is 72.9 Å². The Morgan fingerprint density at radius 2 is 1.95 bits per heavy atom. The fourth-order valence-electron chi connectivity index (χ4n) is 2.87. The number of rotatable bonds is 3. The van der Waals surface area contributed by atoms with Crippen molar-refractivity contribution in [3.63, 3.8) is 0 Å². The summed E-state index contributed by atoms with van der Waals surface area (Å²) in [6.07, 6.45) is 4.86. The lowest BCUT2D eigenvalue weighted by Crippen LogP contribution is -2.46. The molecule has 2 N–H and O–H groups in total. The molecule has 1 saturated heterocycles. The van der Waals surface area contributed by atoms with Crippen LogP contribution in [-0.4, -0.2) is 36.1 Å². The van der Waals surface area contributed by atoms with E-state index in [1.807, 2.05) is 18.2 Å². The molecule has 21 heavy (non-hydrogen) atoms. The summed E-state index contributed by atoms with van der Waals surface area (Å²) in [6.45, 7) is 4.31. The first-order valence-corrected chi connectivity index (χ1v) is 8.77. The highest BCUT2D eigenvalue weighted by atomic mass is 127. The fourth-order valence-corrected chi connectivity index (χ4v) is 3.39. The van der Waals surface area contributed by atoms with Crippen LogP contribution in [0.4, 0.5) is 10.5 Å². The normalized spacial score (nSPS) is 20.3. The molecule has 3 rings (SSSR count). The van der Waals surface area contributed by atoms with E-state index in [1.165, 1.54) is 22.0 Å². The third kappa shape index (κ3) is 4.10. The van der Waals surface area contributed by atoms with Gasteiger partial charge < -0.3 is 15.5 Å². The quantitative estimate of drug-likeness (QED) is 0.766. The van der Waals surface area contributed by atoms with Gasteiger partial charge >= 0.3 is 6.03 Å². The number of carbonyl (C=O) groups is 1. The van der Waals surface area contributed by atoms with Gasteiger partial charge in [0, 0.05) is 34.4 Å². The van der Waals surface area contributed by atoms with E-state index in [0.29, 0.717) is 6.04 Å². The lowest BCUT2D eigenvalue weighted by atomic mass is 10.1. The van der Waals surface area contributed by atoms with Gasteiger partial charge in [0.1, 0.15) is 0 Å². The smallest absolute Gasteiger partial charge is 0.319 e. The number of piperidine rings is 1. The number of carbonyl (C=O) groups excluding carboxylic acids is 1. The molecule has 1 heterocycles.